The molecule has 3 N–H and O–H groups in total. The van der Waals surface area contributed by atoms with Crippen molar-refractivity contribution in [3.63, 3.8) is 0 Å². The van der Waals surface area contributed by atoms with Crippen molar-refractivity contribution in [3.05, 3.63) is 64.7 Å². The first kappa shape index (κ1) is 27.7. The van der Waals surface area contributed by atoms with Crippen LogP contribution in [0, 0.1) is 6.92 Å². The van der Waals surface area contributed by atoms with Crippen molar-refractivity contribution in [1.82, 2.24) is 16.0 Å². The van der Waals surface area contributed by atoms with Crippen LogP contribution < -0.4 is 20.7 Å². The van der Waals surface area contributed by atoms with Crippen LogP contribution in [0.5, 0.6) is 5.75 Å². The van der Waals surface area contributed by atoms with Crippen LogP contribution >= 0.6 is 24.0 Å². The summed E-state index contributed by atoms with van der Waals surface area (Å²) in [6.07, 6.45) is 0.843. The van der Waals surface area contributed by atoms with Crippen molar-refractivity contribution < 1.29 is 14.3 Å². The minimum Gasteiger partial charge on any atom is -0.493 e. The Kier molecular flexibility index (Phi) is 13.4. The number of rotatable bonds is 11. The highest BCUT2D eigenvalue weighted by atomic mass is 127. The van der Waals surface area contributed by atoms with E-state index in [9.17, 15) is 4.79 Å². The maximum absolute atomic E-state index is 12.0. The molecule has 176 valence electrons. The Morgan fingerprint density at radius 2 is 1.81 bits per heavy atom. The summed E-state index contributed by atoms with van der Waals surface area (Å²) >= 11 is 0. The predicted molar refractivity (Wildman–Crippen MR) is 140 cm³/mol. The van der Waals surface area contributed by atoms with Gasteiger partial charge in [0.25, 0.3) is 5.91 Å². The van der Waals surface area contributed by atoms with E-state index >= 15 is 0 Å². The SMILES string of the molecule is CCNC(=O)c1cccc(CNC(=NC)NCc2ccc(C)cc2OCCCOC)c1.I. The summed E-state index contributed by atoms with van der Waals surface area (Å²) in [4.78, 5) is 16.3. The molecule has 1 amide bonds. The molecule has 0 spiro atoms. The molecule has 2 aromatic rings. The van der Waals surface area contributed by atoms with E-state index in [4.69, 9.17) is 9.47 Å². The number of methoxy groups -OCH3 is 1. The number of amides is 1. The van der Waals surface area contributed by atoms with Crippen LogP contribution in [-0.4, -0.2) is 45.8 Å². The number of guanidine groups is 1. The lowest BCUT2D eigenvalue weighted by molar-refractivity contribution is 0.0955. The standard InChI is InChI=1S/C24H34N4O3.HI/c1-5-26-23(29)20-9-6-8-19(15-20)16-27-24(25-3)28-17-21-11-10-18(2)14-22(21)31-13-7-12-30-4;/h6,8-11,14-15H,5,7,12-13,16-17H2,1-4H3,(H,26,29)(H2,25,27,28);1H. The molecule has 2 rings (SSSR count). The van der Waals surface area contributed by atoms with E-state index in [2.05, 4.69) is 40.0 Å². The molecular formula is C24H35IN4O3. The van der Waals surface area contributed by atoms with Crippen molar-refractivity contribution in [2.75, 3.05) is 33.9 Å². The van der Waals surface area contributed by atoms with Crippen molar-refractivity contribution in [2.24, 2.45) is 4.99 Å². The molecule has 0 fully saturated rings. The number of nitrogens with one attached hydrogen (secondary N) is 3. The Bertz CT molecular complexity index is 874. The summed E-state index contributed by atoms with van der Waals surface area (Å²) in [5, 5.41) is 9.44. The van der Waals surface area contributed by atoms with Gasteiger partial charge < -0.3 is 25.4 Å². The Labute approximate surface area is 208 Å². The summed E-state index contributed by atoms with van der Waals surface area (Å²) in [6.45, 7) is 6.99. The number of halogens is 1. The van der Waals surface area contributed by atoms with Gasteiger partial charge in [-0.05, 0) is 43.2 Å². The van der Waals surface area contributed by atoms with E-state index < -0.39 is 0 Å². The van der Waals surface area contributed by atoms with Crippen molar-refractivity contribution >= 4 is 35.8 Å². The second kappa shape index (κ2) is 15.5. The highest BCUT2D eigenvalue weighted by Gasteiger charge is 2.08. The highest BCUT2D eigenvalue weighted by molar-refractivity contribution is 14.0. The van der Waals surface area contributed by atoms with Gasteiger partial charge in [0.2, 0.25) is 0 Å². The van der Waals surface area contributed by atoms with Gasteiger partial charge in [0.1, 0.15) is 5.75 Å². The minimum absolute atomic E-state index is 0. The maximum atomic E-state index is 12.0. The van der Waals surface area contributed by atoms with Gasteiger partial charge in [0.15, 0.2) is 5.96 Å². The zero-order valence-electron chi connectivity index (χ0n) is 19.4. The average molecular weight is 554 g/mol. The highest BCUT2D eigenvalue weighted by Crippen LogP contribution is 2.20. The lowest BCUT2D eigenvalue weighted by Gasteiger charge is -2.16. The van der Waals surface area contributed by atoms with Crippen molar-refractivity contribution in [1.29, 1.82) is 0 Å². The summed E-state index contributed by atoms with van der Waals surface area (Å²) in [6, 6.07) is 13.8. The van der Waals surface area contributed by atoms with Crippen LogP contribution in [-0.2, 0) is 17.8 Å². The molecule has 0 saturated carbocycles. The van der Waals surface area contributed by atoms with E-state index in [-0.39, 0.29) is 29.9 Å². The molecule has 0 atom stereocenters. The number of carbonyl (C=O) groups is 1. The Morgan fingerprint density at radius 1 is 1.03 bits per heavy atom. The Morgan fingerprint density at radius 3 is 2.53 bits per heavy atom. The van der Waals surface area contributed by atoms with Crippen LogP contribution in [0.3, 0.4) is 0 Å². The van der Waals surface area contributed by atoms with Crippen LogP contribution in [0.1, 0.15) is 40.4 Å². The van der Waals surface area contributed by atoms with Gasteiger partial charge in [-0.3, -0.25) is 9.79 Å². The third kappa shape index (κ3) is 9.44. The number of aryl methyl sites for hydroxylation is 1. The predicted octanol–water partition coefficient (Wildman–Crippen LogP) is 3.64. The summed E-state index contributed by atoms with van der Waals surface area (Å²) in [7, 11) is 3.43. The maximum Gasteiger partial charge on any atom is 0.251 e. The number of hydrogen-bond donors (Lipinski definition) is 3. The number of ether oxygens (including phenoxy) is 2. The molecule has 7 nitrogen and oxygen atoms in total. The fraction of sp³-hybridized carbons (Fsp3) is 0.417. The lowest BCUT2D eigenvalue weighted by Crippen LogP contribution is -2.36. The van der Waals surface area contributed by atoms with Gasteiger partial charge in [0.05, 0.1) is 6.61 Å². The van der Waals surface area contributed by atoms with Gasteiger partial charge in [-0.15, -0.1) is 24.0 Å². The number of nitrogens with zero attached hydrogens (tertiary/aromatic N) is 1. The first-order chi connectivity index (χ1) is 15.1. The molecule has 2 aromatic carbocycles. The first-order valence-corrected chi connectivity index (χ1v) is 10.6. The third-order valence-corrected chi connectivity index (χ3v) is 4.63. The van der Waals surface area contributed by atoms with Crippen LogP contribution in [0.2, 0.25) is 0 Å². The Balaban J connectivity index is 0.00000512. The normalized spacial score (nSPS) is 10.8. The van der Waals surface area contributed by atoms with E-state index in [1.807, 2.05) is 37.3 Å². The topological polar surface area (TPSA) is 84.0 Å². The van der Waals surface area contributed by atoms with Crippen molar-refractivity contribution in [3.8, 4) is 5.75 Å². The molecule has 8 heteroatoms. The molecule has 0 heterocycles. The third-order valence-electron chi connectivity index (χ3n) is 4.63. The second-order valence-electron chi connectivity index (χ2n) is 7.15. The second-order valence-corrected chi connectivity index (χ2v) is 7.15. The van der Waals surface area contributed by atoms with Gasteiger partial charge in [-0.2, -0.15) is 0 Å². The van der Waals surface area contributed by atoms with Crippen LogP contribution in [0.4, 0.5) is 0 Å². The molecule has 0 aromatic heterocycles. The number of benzene rings is 2. The zero-order valence-corrected chi connectivity index (χ0v) is 21.7. The monoisotopic (exact) mass is 554 g/mol. The van der Waals surface area contributed by atoms with E-state index in [1.165, 1.54) is 0 Å². The average Bonchev–Trinajstić information content (AvgIpc) is 2.78. The Hall–Kier alpha value is -2.33. The smallest absolute Gasteiger partial charge is 0.251 e. The number of aliphatic imine (C=N–C) groups is 1. The van der Waals surface area contributed by atoms with E-state index in [1.54, 1.807) is 14.2 Å². The van der Waals surface area contributed by atoms with E-state index in [0.717, 1.165) is 28.9 Å². The van der Waals surface area contributed by atoms with Gasteiger partial charge >= 0.3 is 0 Å². The molecule has 0 bridgehead atoms. The van der Waals surface area contributed by atoms with Crippen LogP contribution in [0.15, 0.2) is 47.5 Å². The molecule has 0 aliphatic heterocycles. The van der Waals surface area contributed by atoms with Gasteiger partial charge in [0, 0.05) is 57.9 Å². The summed E-state index contributed by atoms with van der Waals surface area (Å²) < 4.78 is 11.0. The summed E-state index contributed by atoms with van der Waals surface area (Å²) in [5.74, 6) is 1.48. The molecule has 0 unspecified atom stereocenters. The quantitative estimate of drug-likeness (QED) is 0.171. The van der Waals surface area contributed by atoms with Gasteiger partial charge in [-0.1, -0.05) is 24.3 Å². The fourth-order valence-electron chi connectivity index (χ4n) is 3.00. The van der Waals surface area contributed by atoms with Crippen molar-refractivity contribution in [2.45, 2.75) is 33.4 Å². The van der Waals surface area contributed by atoms with Crippen LogP contribution in [0.25, 0.3) is 0 Å². The van der Waals surface area contributed by atoms with Gasteiger partial charge in [-0.25, -0.2) is 0 Å². The summed E-state index contributed by atoms with van der Waals surface area (Å²) in [5.41, 5.74) is 3.87. The number of hydrogen-bond acceptors (Lipinski definition) is 4. The molecular weight excluding hydrogens is 519 g/mol. The first-order valence-electron chi connectivity index (χ1n) is 10.6. The molecule has 0 aliphatic rings. The molecule has 0 radical (unpaired) electrons. The number of carbonyl (C=O) groups excluding carboxylic acids is 1. The zero-order chi connectivity index (χ0) is 22.5. The largest absolute Gasteiger partial charge is 0.493 e. The lowest BCUT2D eigenvalue weighted by atomic mass is 10.1. The fourth-order valence-corrected chi connectivity index (χ4v) is 3.00. The minimum atomic E-state index is -0.0655. The molecule has 32 heavy (non-hydrogen) atoms. The molecule has 0 aliphatic carbocycles. The molecule has 0 saturated heterocycles. The van der Waals surface area contributed by atoms with E-state index in [0.29, 0.717) is 44.4 Å².